The van der Waals surface area contributed by atoms with Crippen molar-refractivity contribution in [1.29, 1.82) is 0 Å². The van der Waals surface area contributed by atoms with Crippen molar-refractivity contribution in [2.45, 2.75) is 45.1 Å². The quantitative estimate of drug-likeness (QED) is 0.809. The average molecular weight is 276 g/mol. The number of hydrogen-bond acceptors (Lipinski definition) is 3. The average Bonchev–Trinajstić information content (AvgIpc) is 2.66. The predicted molar refractivity (Wildman–Crippen MR) is 85.4 cm³/mol. The molecule has 1 aromatic rings. The van der Waals surface area contributed by atoms with Gasteiger partial charge in [-0.15, -0.1) is 0 Å². The van der Waals surface area contributed by atoms with E-state index in [9.17, 15) is 5.11 Å². The number of phenolic OH excluding ortho intramolecular Hbond substituents is 1. The normalized spacial score (nSPS) is 23.3. The Morgan fingerprint density at radius 2 is 1.85 bits per heavy atom. The second-order valence-corrected chi connectivity index (χ2v) is 5.96. The molecule has 0 saturated heterocycles. The number of aromatic hydroxyl groups is 1. The third-order valence-corrected chi connectivity index (χ3v) is 4.42. The molecule has 20 heavy (non-hydrogen) atoms. The molecule has 0 spiro atoms. The molecule has 0 amide bonds. The molecule has 0 aliphatic heterocycles. The minimum atomic E-state index is 0.335. The molecule has 0 radical (unpaired) electrons. The summed E-state index contributed by atoms with van der Waals surface area (Å²) in [6.07, 6.45) is 6.72. The van der Waals surface area contributed by atoms with Gasteiger partial charge in [-0.25, -0.2) is 0 Å². The first-order valence-corrected chi connectivity index (χ1v) is 7.94. The fourth-order valence-corrected chi connectivity index (χ4v) is 3.30. The summed E-state index contributed by atoms with van der Waals surface area (Å²) >= 11 is 0. The summed E-state index contributed by atoms with van der Waals surface area (Å²) in [4.78, 5) is 2.32. The van der Waals surface area contributed by atoms with Gasteiger partial charge < -0.3 is 15.3 Å². The van der Waals surface area contributed by atoms with Crippen molar-refractivity contribution in [3.63, 3.8) is 0 Å². The summed E-state index contributed by atoms with van der Waals surface area (Å²) < 4.78 is 0. The van der Waals surface area contributed by atoms with Gasteiger partial charge in [-0.05, 0) is 49.6 Å². The zero-order chi connectivity index (χ0) is 14.4. The number of hydrogen-bond donors (Lipinski definition) is 2. The molecule has 2 atom stereocenters. The van der Waals surface area contributed by atoms with Crippen molar-refractivity contribution in [1.82, 2.24) is 5.32 Å². The van der Waals surface area contributed by atoms with Gasteiger partial charge in [-0.3, -0.25) is 0 Å². The summed E-state index contributed by atoms with van der Waals surface area (Å²) in [6, 6.07) is 8.17. The van der Waals surface area contributed by atoms with Gasteiger partial charge in [0.15, 0.2) is 0 Å². The Morgan fingerprint density at radius 1 is 1.15 bits per heavy atom. The van der Waals surface area contributed by atoms with E-state index in [0.29, 0.717) is 11.8 Å². The van der Waals surface area contributed by atoms with Crippen molar-refractivity contribution in [2.75, 3.05) is 25.0 Å². The molecule has 1 saturated carbocycles. The Kier molecular flexibility index (Phi) is 5.72. The number of nitrogens with one attached hydrogen (secondary N) is 1. The van der Waals surface area contributed by atoms with Gasteiger partial charge in [0, 0.05) is 25.3 Å². The summed E-state index contributed by atoms with van der Waals surface area (Å²) in [5.41, 5.74) is 1.18. The van der Waals surface area contributed by atoms with Gasteiger partial charge in [-0.1, -0.05) is 26.2 Å². The molecule has 2 rings (SSSR count). The van der Waals surface area contributed by atoms with Crippen LogP contribution >= 0.6 is 0 Å². The van der Waals surface area contributed by atoms with Crippen LogP contribution in [0.2, 0.25) is 0 Å². The Morgan fingerprint density at radius 3 is 2.55 bits per heavy atom. The lowest BCUT2D eigenvalue weighted by atomic mass is 9.94. The molecule has 3 heteroatoms. The largest absolute Gasteiger partial charge is 0.508 e. The van der Waals surface area contributed by atoms with Gasteiger partial charge in [0.2, 0.25) is 0 Å². The Labute approximate surface area is 123 Å². The number of benzene rings is 1. The third-order valence-electron chi connectivity index (χ3n) is 4.42. The van der Waals surface area contributed by atoms with E-state index in [1.165, 1.54) is 37.8 Å². The van der Waals surface area contributed by atoms with Crippen molar-refractivity contribution in [3.05, 3.63) is 24.3 Å². The molecule has 112 valence electrons. The number of rotatable bonds is 5. The number of phenols is 1. The highest BCUT2D eigenvalue weighted by Crippen LogP contribution is 2.26. The van der Waals surface area contributed by atoms with Crippen LogP contribution in [-0.2, 0) is 0 Å². The first kappa shape index (κ1) is 15.2. The molecular weight excluding hydrogens is 248 g/mol. The molecule has 1 aromatic carbocycles. The lowest BCUT2D eigenvalue weighted by Gasteiger charge is -2.31. The molecule has 0 aromatic heterocycles. The van der Waals surface area contributed by atoms with Crippen LogP contribution in [0.25, 0.3) is 0 Å². The zero-order valence-electron chi connectivity index (χ0n) is 12.8. The van der Waals surface area contributed by atoms with Crippen molar-refractivity contribution in [3.8, 4) is 5.75 Å². The number of anilines is 1. The third kappa shape index (κ3) is 4.14. The first-order valence-electron chi connectivity index (χ1n) is 7.94. The molecule has 1 aliphatic carbocycles. The second kappa shape index (κ2) is 7.53. The summed E-state index contributed by atoms with van der Waals surface area (Å²) in [7, 11) is 2.15. The second-order valence-electron chi connectivity index (χ2n) is 5.96. The van der Waals surface area contributed by atoms with Crippen LogP contribution in [0.3, 0.4) is 0 Å². The van der Waals surface area contributed by atoms with E-state index in [2.05, 4.69) is 24.2 Å². The first-order chi connectivity index (χ1) is 9.70. The van der Waals surface area contributed by atoms with E-state index in [1.807, 2.05) is 12.1 Å². The minimum absolute atomic E-state index is 0.335. The van der Waals surface area contributed by atoms with Crippen LogP contribution in [0.4, 0.5) is 5.69 Å². The van der Waals surface area contributed by atoms with E-state index in [-0.39, 0.29) is 0 Å². The molecule has 2 N–H and O–H groups in total. The number of nitrogens with zero attached hydrogens (tertiary/aromatic N) is 1. The predicted octanol–water partition coefficient (Wildman–Crippen LogP) is 3.39. The highest BCUT2D eigenvalue weighted by molar-refractivity contribution is 5.48. The van der Waals surface area contributed by atoms with Crippen LogP contribution in [0.1, 0.15) is 39.0 Å². The van der Waals surface area contributed by atoms with Crippen LogP contribution < -0.4 is 10.2 Å². The maximum absolute atomic E-state index is 9.38. The highest BCUT2D eigenvalue weighted by Gasteiger charge is 2.24. The summed E-state index contributed by atoms with van der Waals surface area (Å²) in [5.74, 6) is 1.05. The topological polar surface area (TPSA) is 35.5 Å². The molecule has 0 bridgehead atoms. The monoisotopic (exact) mass is 276 g/mol. The molecular formula is C17H28N2O. The summed E-state index contributed by atoms with van der Waals surface area (Å²) in [6.45, 7) is 4.35. The van der Waals surface area contributed by atoms with E-state index in [4.69, 9.17) is 0 Å². The maximum Gasteiger partial charge on any atom is 0.115 e. The molecule has 1 fully saturated rings. The lowest BCUT2D eigenvalue weighted by Crippen LogP contribution is -2.41. The smallest absolute Gasteiger partial charge is 0.115 e. The Balaban J connectivity index is 1.99. The fourth-order valence-electron chi connectivity index (χ4n) is 3.30. The van der Waals surface area contributed by atoms with Crippen molar-refractivity contribution < 1.29 is 5.11 Å². The Hall–Kier alpha value is -1.22. The van der Waals surface area contributed by atoms with E-state index >= 15 is 0 Å². The molecule has 0 heterocycles. The van der Waals surface area contributed by atoms with E-state index in [1.54, 1.807) is 12.1 Å². The molecule has 3 nitrogen and oxygen atoms in total. The zero-order valence-corrected chi connectivity index (χ0v) is 12.8. The highest BCUT2D eigenvalue weighted by atomic mass is 16.3. The van der Waals surface area contributed by atoms with Gasteiger partial charge in [0.05, 0.1) is 0 Å². The van der Waals surface area contributed by atoms with E-state index in [0.717, 1.165) is 19.0 Å². The van der Waals surface area contributed by atoms with Gasteiger partial charge in [0.1, 0.15) is 5.75 Å². The van der Waals surface area contributed by atoms with Gasteiger partial charge in [0.25, 0.3) is 0 Å². The van der Waals surface area contributed by atoms with Gasteiger partial charge in [-0.2, -0.15) is 0 Å². The van der Waals surface area contributed by atoms with Crippen LogP contribution in [0.5, 0.6) is 5.75 Å². The van der Waals surface area contributed by atoms with E-state index < -0.39 is 0 Å². The van der Waals surface area contributed by atoms with Crippen LogP contribution in [0.15, 0.2) is 24.3 Å². The maximum atomic E-state index is 9.38. The van der Waals surface area contributed by atoms with Crippen LogP contribution in [0, 0.1) is 5.92 Å². The fraction of sp³-hybridized carbons (Fsp3) is 0.647. The van der Waals surface area contributed by atoms with Gasteiger partial charge >= 0.3 is 0 Å². The van der Waals surface area contributed by atoms with Crippen molar-refractivity contribution in [2.24, 2.45) is 5.92 Å². The van der Waals surface area contributed by atoms with Crippen LogP contribution in [-0.4, -0.2) is 31.3 Å². The standard InChI is InChI=1S/C17H28N2O/c1-3-18-17-8-6-4-5-7-14(17)13-19(2)15-9-11-16(20)12-10-15/h9-12,14,17-18,20H,3-8,13H2,1-2H3. The summed E-state index contributed by atoms with van der Waals surface area (Å²) in [5, 5.41) is 13.1. The Bertz CT molecular complexity index is 390. The van der Waals surface area contributed by atoms with Crippen molar-refractivity contribution >= 4 is 5.69 Å². The minimum Gasteiger partial charge on any atom is -0.508 e. The molecule has 1 aliphatic rings. The SMILES string of the molecule is CCNC1CCCCCC1CN(C)c1ccc(O)cc1. The lowest BCUT2D eigenvalue weighted by molar-refractivity contribution is 0.343. The molecule has 2 unspecified atom stereocenters.